The van der Waals surface area contributed by atoms with Gasteiger partial charge in [0.2, 0.25) is 5.91 Å². The van der Waals surface area contributed by atoms with Crippen LogP contribution in [0.4, 0.5) is 4.39 Å². The number of ether oxygens (including phenoxy) is 1. The Balaban J connectivity index is 1.31. The Bertz CT molecular complexity index is 1060. The van der Waals surface area contributed by atoms with Gasteiger partial charge in [0.1, 0.15) is 17.2 Å². The Labute approximate surface area is 169 Å². The lowest BCUT2D eigenvalue weighted by Gasteiger charge is -2.38. The maximum absolute atomic E-state index is 13.8. The zero-order valence-corrected chi connectivity index (χ0v) is 16.5. The molecule has 0 bridgehead atoms. The zero-order valence-electron chi connectivity index (χ0n) is 16.5. The lowest BCUT2D eigenvalue weighted by atomic mass is 9.89. The molecule has 2 aliphatic carbocycles. The maximum atomic E-state index is 13.8. The van der Waals surface area contributed by atoms with Crippen LogP contribution in [-0.4, -0.2) is 11.5 Å². The summed E-state index contributed by atoms with van der Waals surface area (Å²) in [7, 11) is 0. The second-order valence-electron chi connectivity index (χ2n) is 9.29. The largest absolute Gasteiger partial charge is 0.487 e. The van der Waals surface area contributed by atoms with Crippen molar-refractivity contribution in [3.63, 3.8) is 0 Å². The molecule has 2 fully saturated rings. The van der Waals surface area contributed by atoms with Crippen LogP contribution < -0.4 is 10.1 Å². The van der Waals surface area contributed by atoms with Gasteiger partial charge in [-0.3, -0.25) is 4.79 Å². The van der Waals surface area contributed by atoms with Crippen molar-refractivity contribution in [2.75, 3.05) is 0 Å². The van der Waals surface area contributed by atoms with E-state index in [1.807, 2.05) is 32.0 Å². The van der Waals surface area contributed by atoms with Crippen molar-refractivity contribution >= 4 is 5.91 Å². The number of halogens is 1. The predicted molar refractivity (Wildman–Crippen MR) is 106 cm³/mol. The van der Waals surface area contributed by atoms with Crippen LogP contribution in [0.25, 0.3) is 0 Å². The van der Waals surface area contributed by atoms with E-state index in [0.29, 0.717) is 29.2 Å². The minimum atomic E-state index is -0.427. The van der Waals surface area contributed by atoms with Crippen molar-refractivity contribution < 1.29 is 13.9 Å². The molecule has 148 valence electrons. The quantitative estimate of drug-likeness (QED) is 0.832. The summed E-state index contributed by atoms with van der Waals surface area (Å²) in [6, 6.07) is 14.1. The fourth-order valence-corrected chi connectivity index (χ4v) is 5.11. The number of carbonyl (C=O) groups excluding carboxylic acids is 1. The minimum Gasteiger partial charge on any atom is -0.487 e. The molecule has 1 spiro atoms. The summed E-state index contributed by atoms with van der Waals surface area (Å²) in [4.78, 5) is 13.0. The van der Waals surface area contributed by atoms with Gasteiger partial charge < -0.3 is 10.1 Å². The molecule has 1 N–H and O–H groups in total. The third-order valence-corrected chi connectivity index (χ3v) is 6.72. The van der Waals surface area contributed by atoms with E-state index in [9.17, 15) is 9.18 Å². The van der Waals surface area contributed by atoms with Crippen LogP contribution in [0.1, 0.15) is 61.8 Å². The Morgan fingerprint density at radius 1 is 1.21 bits per heavy atom. The number of rotatable bonds is 3. The lowest BCUT2D eigenvalue weighted by Crippen LogP contribution is -2.42. The number of fused-ring (bicyclic) bond motifs is 1. The Morgan fingerprint density at radius 2 is 2.03 bits per heavy atom. The van der Waals surface area contributed by atoms with Gasteiger partial charge >= 0.3 is 0 Å². The number of hydrogen-bond acceptors (Lipinski definition) is 3. The summed E-state index contributed by atoms with van der Waals surface area (Å²) < 4.78 is 19.8. The van der Waals surface area contributed by atoms with Gasteiger partial charge in [0.25, 0.3) is 0 Å². The first-order chi connectivity index (χ1) is 13.8. The third kappa shape index (κ3) is 3.07. The van der Waals surface area contributed by atoms with Gasteiger partial charge in [-0.05, 0) is 73.9 Å². The Morgan fingerprint density at radius 3 is 2.83 bits per heavy atom. The average molecular weight is 390 g/mol. The van der Waals surface area contributed by atoms with Gasteiger partial charge in [-0.25, -0.2) is 4.39 Å². The molecule has 1 amide bonds. The molecule has 2 aromatic carbocycles. The second kappa shape index (κ2) is 6.06. The molecule has 2 aromatic rings. The van der Waals surface area contributed by atoms with Gasteiger partial charge in [-0.1, -0.05) is 12.1 Å². The molecule has 1 aliphatic heterocycles. The normalized spacial score (nSPS) is 30.6. The fraction of sp³-hybridized carbons (Fsp3) is 0.417. The maximum Gasteiger partial charge on any atom is 0.224 e. The first kappa shape index (κ1) is 18.2. The van der Waals surface area contributed by atoms with Crippen molar-refractivity contribution in [3.8, 4) is 11.8 Å². The summed E-state index contributed by atoms with van der Waals surface area (Å²) in [6.45, 7) is 3.96. The van der Waals surface area contributed by atoms with Gasteiger partial charge in [0.05, 0.1) is 17.7 Å². The van der Waals surface area contributed by atoms with Crippen LogP contribution in [0.2, 0.25) is 0 Å². The average Bonchev–Trinajstić information content (AvgIpc) is 3.59. The van der Waals surface area contributed by atoms with Crippen molar-refractivity contribution in [2.45, 2.75) is 50.7 Å². The van der Waals surface area contributed by atoms with E-state index in [1.54, 1.807) is 12.1 Å². The highest BCUT2D eigenvalue weighted by atomic mass is 19.1. The molecule has 0 aromatic heterocycles. The third-order valence-electron chi connectivity index (χ3n) is 6.72. The Kier molecular flexibility index (Phi) is 3.80. The standard InChI is InChI=1S/C24H23FN2O2/c1-23(2)12-20(17-9-16(25)6-7-21(17)29-23)27-22(28)19-11-24(19)10-18(24)15-5-3-4-14(8-15)13-26/h3-9,18-20H,10-12H2,1-2H3,(H,27,28)/t18?,19-,20?,24?/m0/s1. The van der Waals surface area contributed by atoms with Gasteiger partial charge in [0.15, 0.2) is 0 Å². The molecule has 29 heavy (non-hydrogen) atoms. The zero-order chi connectivity index (χ0) is 20.4. The topological polar surface area (TPSA) is 62.1 Å². The molecule has 3 unspecified atom stereocenters. The highest BCUT2D eigenvalue weighted by Crippen LogP contribution is 2.78. The van der Waals surface area contributed by atoms with Crippen molar-refractivity contribution in [1.29, 1.82) is 5.26 Å². The molecule has 0 saturated heterocycles. The summed E-state index contributed by atoms with van der Waals surface area (Å²) in [6.07, 6.45) is 2.47. The molecule has 4 atom stereocenters. The van der Waals surface area contributed by atoms with Gasteiger partial charge in [-0.15, -0.1) is 0 Å². The molecule has 2 saturated carbocycles. The second-order valence-corrected chi connectivity index (χ2v) is 9.29. The lowest BCUT2D eigenvalue weighted by molar-refractivity contribution is -0.124. The first-order valence-corrected chi connectivity index (χ1v) is 10.1. The van der Waals surface area contributed by atoms with E-state index in [4.69, 9.17) is 10.00 Å². The van der Waals surface area contributed by atoms with Crippen molar-refractivity contribution in [3.05, 3.63) is 65.0 Å². The van der Waals surface area contributed by atoms with Crippen LogP contribution in [-0.2, 0) is 4.79 Å². The molecular weight excluding hydrogens is 367 g/mol. The molecule has 5 rings (SSSR count). The van der Waals surface area contributed by atoms with E-state index in [0.717, 1.165) is 18.4 Å². The van der Waals surface area contributed by atoms with E-state index in [-0.39, 0.29) is 29.1 Å². The Hall–Kier alpha value is -2.87. The summed E-state index contributed by atoms with van der Waals surface area (Å²) >= 11 is 0. The highest BCUT2D eigenvalue weighted by Gasteiger charge is 2.73. The molecular formula is C24H23FN2O2. The van der Waals surface area contributed by atoms with Gasteiger partial charge in [0, 0.05) is 17.9 Å². The molecule has 4 nitrogen and oxygen atoms in total. The number of nitrogens with zero attached hydrogens (tertiary/aromatic N) is 1. The van der Waals surface area contributed by atoms with Crippen LogP contribution >= 0.6 is 0 Å². The number of hydrogen-bond donors (Lipinski definition) is 1. The number of nitriles is 1. The monoisotopic (exact) mass is 390 g/mol. The fourth-order valence-electron chi connectivity index (χ4n) is 5.11. The van der Waals surface area contributed by atoms with E-state index in [1.165, 1.54) is 12.1 Å². The number of benzene rings is 2. The number of carbonyl (C=O) groups is 1. The SMILES string of the molecule is CC1(C)CC(NC(=O)[C@@H]2CC23CC3c2cccc(C#N)c2)c2cc(F)ccc2O1. The van der Waals surface area contributed by atoms with Crippen LogP contribution in [0.5, 0.6) is 5.75 Å². The molecule has 5 heteroatoms. The van der Waals surface area contributed by atoms with Crippen LogP contribution in [0.3, 0.4) is 0 Å². The van der Waals surface area contributed by atoms with Crippen LogP contribution in [0.15, 0.2) is 42.5 Å². The van der Waals surface area contributed by atoms with Gasteiger partial charge in [-0.2, -0.15) is 5.26 Å². The van der Waals surface area contributed by atoms with Crippen molar-refractivity contribution in [2.24, 2.45) is 11.3 Å². The van der Waals surface area contributed by atoms with E-state index < -0.39 is 5.60 Å². The summed E-state index contributed by atoms with van der Waals surface area (Å²) in [5.74, 6) is 0.690. The number of amides is 1. The summed E-state index contributed by atoms with van der Waals surface area (Å²) in [5.41, 5.74) is 2.14. The number of nitrogens with one attached hydrogen (secondary N) is 1. The van der Waals surface area contributed by atoms with E-state index in [2.05, 4.69) is 11.4 Å². The smallest absolute Gasteiger partial charge is 0.224 e. The van der Waals surface area contributed by atoms with Crippen molar-refractivity contribution in [1.82, 2.24) is 5.32 Å². The molecule has 3 aliphatic rings. The first-order valence-electron chi connectivity index (χ1n) is 10.1. The molecule has 0 radical (unpaired) electrons. The van der Waals surface area contributed by atoms with E-state index >= 15 is 0 Å². The highest BCUT2D eigenvalue weighted by molar-refractivity contribution is 5.84. The predicted octanol–water partition coefficient (Wildman–Crippen LogP) is 4.61. The van der Waals surface area contributed by atoms with Crippen LogP contribution in [0, 0.1) is 28.5 Å². The summed E-state index contributed by atoms with van der Waals surface area (Å²) in [5, 5.41) is 12.3. The minimum absolute atomic E-state index is 0.0128. The molecule has 1 heterocycles.